The summed E-state index contributed by atoms with van der Waals surface area (Å²) in [5, 5.41) is 5.81. The molecule has 3 rings (SSSR count). The van der Waals surface area contributed by atoms with Crippen molar-refractivity contribution in [3.05, 3.63) is 53.1 Å². The molecule has 1 aliphatic rings. The monoisotopic (exact) mass is 422 g/mol. The van der Waals surface area contributed by atoms with Crippen LogP contribution in [0, 0.1) is 13.8 Å². The molecule has 0 bridgehead atoms. The van der Waals surface area contributed by atoms with Gasteiger partial charge in [0.05, 0.1) is 5.56 Å². The smallest absolute Gasteiger partial charge is 0.323 e. The van der Waals surface area contributed by atoms with Gasteiger partial charge in [0.2, 0.25) is 0 Å². The molecule has 0 radical (unpaired) electrons. The van der Waals surface area contributed by atoms with Crippen LogP contribution in [0.4, 0.5) is 21.9 Å². The Morgan fingerprint density at radius 2 is 1.68 bits per heavy atom. The Labute approximate surface area is 185 Å². The van der Waals surface area contributed by atoms with E-state index < -0.39 is 0 Å². The van der Waals surface area contributed by atoms with E-state index in [9.17, 15) is 9.59 Å². The zero-order valence-electron chi connectivity index (χ0n) is 19.1. The molecule has 1 fully saturated rings. The van der Waals surface area contributed by atoms with Crippen molar-refractivity contribution >= 4 is 29.0 Å². The van der Waals surface area contributed by atoms with Gasteiger partial charge in [0.1, 0.15) is 0 Å². The summed E-state index contributed by atoms with van der Waals surface area (Å²) in [6.07, 6.45) is 3.50. The number of nitrogens with one attached hydrogen (secondary N) is 2. The maximum Gasteiger partial charge on any atom is 0.323 e. The van der Waals surface area contributed by atoms with Gasteiger partial charge in [0.25, 0.3) is 5.91 Å². The number of benzene rings is 2. The van der Waals surface area contributed by atoms with Crippen LogP contribution >= 0.6 is 0 Å². The van der Waals surface area contributed by atoms with E-state index in [-0.39, 0.29) is 11.9 Å². The maximum absolute atomic E-state index is 13.3. The van der Waals surface area contributed by atoms with Gasteiger partial charge in [-0.05, 0) is 82.3 Å². The predicted molar refractivity (Wildman–Crippen MR) is 128 cm³/mol. The van der Waals surface area contributed by atoms with E-state index in [1.165, 1.54) is 6.42 Å². The van der Waals surface area contributed by atoms with Crippen molar-refractivity contribution in [1.82, 2.24) is 4.90 Å². The first-order valence-corrected chi connectivity index (χ1v) is 11.3. The van der Waals surface area contributed by atoms with E-state index >= 15 is 0 Å². The van der Waals surface area contributed by atoms with E-state index in [1.54, 1.807) is 0 Å². The molecule has 0 unspecified atom stereocenters. The highest BCUT2D eigenvalue weighted by Crippen LogP contribution is 2.28. The normalized spacial score (nSPS) is 13.6. The summed E-state index contributed by atoms with van der Waals surface area (Å²) < 4.78 is 0. The highest BCUT2D eigenvalue weighted by atomic mass is 16.2. The Morgan fingerprint density at radius 3 is 2.35 bits per heavy atom. The molecule has 6 nitrogen and oxygen atoms in total. The number of nitrogens with zero attached hydrogens (tertiary/aromatic N) is 2. The first kappa shape index (κ1) is 22.7. The van der Waals surface area contributed by atoms with Crippen LogP contribution in [0.3, 0.4) is 0 Å². The fourth-order valence-corrected chi connectivity index (χ4v) is 4.05. The number of hydrogen-bond donors (Lipinski definition) is 2. The molecule has 3 amide bonds. The molecule has 2 aromatic carbocycles. The van der Waals surface area contributed by atoms with Crippen molar-refractivity contribution < 1.29 is 9.59 Å². The lowest BCUT2D eigenvalue weighted by Gasteiger charge is -2.31. The molecule has 0 saturated carbocycles. The van der Waals surface area contributed by atoms with E-state index in [2.05, 4.69) is 15.5 Å². The Kier molecular flexibility index (Phi) is 7.55. The number of carbonyl (C=O) groups is 2. The lowest BCUT2D eigenvalue weighted by molar-refractivity contribution is 0.0773. The predicted octanol–water partition coefficient (Wildman–Crippen LogP) is 5.42. The second-order valence-corrected chi connectivity index (χ2v) is 8.08. The van der Waals surface area contributed by atoms with Crippen LogP contribution in [-0.2, 0) is 0 Å². The van der Waals surface area contributed by atoms with E-state index in [4.69, 9.17) is 0 Å². The van der Waals surface area contributed by atoms with Crippen LogP contribution in [-0.4, -0.2) is 43.0 Å². The molecule has 0 aromatic heterocycles. The topological polar surface area (TPSA) is 64.7 Å². The first-order chi connectivity index (χ1) is 14.9. The molecule has 0 spiro atoms. The van der Waals surface area contributed by atoms with Gasteiger partial charge in [-0.3, -0.25) is 4.79 Å². The summed E-state index contributed by atoms with van der Waals surface area (Å²) in [4.78, 5) is 30.0. The van der Waals surface area contributed by atoms with Crippen LogP contribution in [0.1, 0.15) is 54.6 Å². The second-order valence-electron chi connectivity index (χ2n) is 8.08. The molecule has 6 heteroatoms. The van der Waals surface area contributed by atoms with Gasteiger partial charge < -0.3 is 20.4 Å². The number of carbonyl (C=O) groups excluding carboxylic acids is 2. The van der Waals surface area contributed by atoms with Crippen LogP contribution in [0.25, 0.3) is 0 Å². The van der Waals surface area contributed by atoms with Crippen LogP contribution < -0.4 is 15.5 Å². The van der Waals surface area contributed by atoms with Crippen molar-refractivity contribution in [1.29, 1.82) is 0 Å². The molecule has 1 aliphatic heterocycles. The van der Waals surface area contributed by atoms with Crippen LogP contribution in [0.15, 0.2) is 36.4 Å². The Morgan fingerprint density at radius 1 is 0.968 bits per heavy atom. The van der Waals surface area contributed by atoms with Crippen molar-refractivity contribution in [3.63, 3.8) is 0 Å². The highest BCUT2D eigenvalue weighted by Gasteiger charge is 2.22. The van der Waals surface area contributed by atoms with Gasteiger partial charge in [-0.2, -0.15) is 0 Å². The molecule has 166 valence electrons. The van der Waals surface area contributed by atoms with Crippen molar-refractivity contribution in [3.8, 4) is 0 Å². The van der Waals surface area contributed by atoms with Crippen LogP contribution in [0.5, 0.6) is 0 Å². The average molecular weight is 423 g/mol. The number of aryl methyl sites for hydroxylation is 1. The Hall–Kier alpha value is -3.02. The zero-order chi connectivity index (χ0) is 22.4. The average Bonchev–Trinajstić information content (AvgIpc) is 2.78. The molecule has 1 saturated heterocycles. The minimum Gasteiger partial charge on any atom is -0.371 e. The summed E-state index contributed by atoms with van der Waals surface area (Å²) in [6, 6.07) is 11.2. The Balaban J connectivity index is 1.85. The van der Waals surface area contributed by atoms with Gasteiger partial charge in [0, 0.05) is 43.2 Å². The number of hydrogen-bond acceptors (Lipinski definition) is 3. The number of rotatable bonds is 6. The summed E-state index contributed by atoms with van der Waals surface area (Å²) >= 11 is 0. The summed E-state index contributed by atoms with van der Waals surface area (Å²) in [7, 11) is 0. The minimum absolute atomic E-state index is 0.00385. The van der Waals surface area contributed by atoms with E-state index in [0.29, 0.717) is 24.3 Å². The largest absolute Gasteiger partial charge is 0.371 e. The first-order valence-electron chi connectivity index (χ1n) is 11.3. The lowest BCUT2D eigenvalue weighted by atomic mass is 10.1. The SMILES string of the molecule is CCN(CC)C(=O)c1cc(NC(=O)Nc2cccc(C)c2C)ccc1N1CCCCC1. The van der Waals surface area contributed by atoms with E-state index in [1.807, 2.05) is 69.0 Å². The van der Waals surface area contributed by atoms with Gasteiger partial charge in [-0.15, -0.1) is 0 Å². The summed E-state index contributed by atoms with van der Waals surface area (Å²) in [5.41, 5.74) is 5.15. The highest BCUT2D eigenvalue weighted by molar-refractivity contribution is 6.04. The lowest BCUT2D eigenvalue weighted by Crippen LogP contribution is -2.35. The number of piperidine rings is 1. The maximum atomic E-state index is 13.3. The fourth-order valence-electron chi connectivity index (χ4n) is 4.05. The number of urea groups is 1. The summed E-state index contributed by atoms with van der Waals surface area (Å²) in [6.45, 7) is 11.2. The summed E-state index contributed by atoms with van der Waals surface area (Å²) in [5.74, 6) is 0.00385. The second kappa shape index (κ2) is 10.3. The minimum atomic E-state index is -0.319. The molecule has 2 aromatic rings. The quantitative estimate of drug-likeness (QED) is 0.653. The standard InChI is InChI=1S/C25H34N4O2/c1-5-28(6-2)24(30)21-17-20(13-14-23(21)29-15-8-7-9-16-29)26-25(31)27-22-12-10-11-18(3)19(22)4/h10-14,17H,5-9,15-16H2,1-4H3,(H2,26,27,31). The molecular formula is C25H34N4O2. The number of amides is 3. The van der Waals surface area contributed by atoms with E-state index in [0.717, 1.165) is 48.4 Å². The fraction of sp³-hybridized carbons (Fsp3) is 0.440. The molecular weight excluding hydrogens is 388 g/mol. The van der Waals surface area contributed by atoms with Crippen molar-refractivity contribution in [2.24, 2.45) is 0 Å². The molecule has 2 N–H and O–H groups in total. The van der Waals surface area contributed by atoms with Crippen LogP contribution in [0.2, 0.25) is 0 Å². The third kappa shape index (κ3) is 5.37. The Bertz CT molecular complexity index is 931. The van der Waals surface area contributed by atoms with Gasteiger partial charge >= 0.3 is 6.03 Å². The molecule has 31 heavy (non-hydrogen) atoms. The zero-order valence-corrected chi connectivity index (χ0v) is 19.1. The van der Waals surface area contributed by atoms with Gasteiger partial charge in [0.15, 0.2) is 0 Å². The van der Waals surface area contributed by atoms with Gasteiger partial charge in [-0.1, -0.05) is 12.1 Å². The van der Waals surface area contributed by atoms with Crippen molar-refractivity contribution in [2.75, 3.05) is 41.7 Å². The molecule has 0 aliphatic carbocycles. The third-order valence-electron chi connectivity index (χ3n) is 6.09. The van der Waals surface area contributed by atoms with Crippen molar-refractivity contribution in [2.45, 2.75) is 47.0 Å². The third-order valence-corrected chi connectivity index (χ3v) is 6.09. The number of anilines is 3. The molecule has 1 heterocycles. The molecule has 0 atom stereocenters. The van der Waals surface area contributed by atoms with Gasteiger partial charge in [-0.25, -0.2) is 4.79 Å².